The molecule has 142 valence electrons. The van der Waals surface area contributed by atoms with Crippen molar-refractivity contribution in [3.05, 3.63) is 39.9 Å². The Morgan fingerprint density at radius 1 is 1.19 bits per heavy atom. The number of amides is 1. The highest BCUT2D eigenvalue weighted by Gasteiger charge is 2.21. The van der Waals surface area contributed by atoms with E-state index < -0.39 is 4.92 Å². The maximum absolute atomic E-state index is 11.5. The number of carbonyl (C=O) groups excluding carboxylic acids is 1. The van der Waals surface area contributed by atoms with Gasteiger partial charge in [0.15, 0.2) is 5.96 Å². The molecule has 0 radical (unpaired) electrons. The van der Waals surface area contributed by atoms with E-state index in [1.807, 2.05) is 4.90 Å². The van der Waals surface area contributed by atoms with Crippen LogP contribution in [-0.4, -0.2) is 59.3 Å². The molecule has 1 aromatic rings. The number of hydrogen-bond donors (Lipinski definition) is 1. The smallest absolute Gasteiger partial charge is 0.269 e. The molecule has 1 fully saturated rings. The average Bonchev–Trinajstić information content (AvgIpc) is 2.65. The van der Waals surface area contributed by atoms with Gasteiger partial charge in [0, 0.05) is 51.8 Å². The molecule has 1 aromatic carbocycles. The zero-order chi connectivity index (χ0) is 18.9. The number of hydrogen-bond acceptors (Lipinski definition) is 4. The molecule has 0 unspecified atom stereocenters. The zero-order valence-corrected chi connectivity index (χ0v) is 15.5. The van der Waals surface area contributed by atoms with Gasteiger partial charge in [0.25, 0.3) is 5.69 Å². The summed E-state index contributed by atoms with van der Waals surface area (Å²) in [7, 11) is 0. The van der Waals surface area contributed by atoms with E-state index in [0.29, 0.717) is 19.6 Å². The zero-order valence-electron chi connectivity index (χ0n) is 15.5. The molecule has 8 nitrogen and oxygen atoms in total. The highest BCUT2D eigenvalue weighted by Crippen LogP contribution is 2.13. The van der Waals surface area contributed by atoms with Crippen molar-refractivity contribution in [3.8, 4) is 0 Å². The van der Waals surface area contributed by atoms with Crippen molar-refractivity contribution in [2.45, 2.75) is 33.2 Å². The van der Waals surface area contributed by atoms with E-state index in [1.54, 1.807) is 19.1 Å². The molecule has 2 rings (SSSR count). The number of guanidine groups is 1. The van der Waals surface area contributed by atoms with Crippen molar-refractivity contribution < 1.29 is 9.72 Å². The van der Waals surface area contributed by atoms with E-state index in [0.717, 1.165) is 44.0 Å². The lowest BCUT2D eigenvalue weighted by Gasteiger charge is -2.36. The lowest BCUT2D eigenvalue weighted by Crippen LogP contribution is -2.53. The molecule has 1 aliphatic rings. The minimum Gasteiger partial charge on any atom is -0.356 e. The van der Waals surface area contributed by atoms with Gasteiger partial charge in [-0.15, -0.1) is 0 Å². The van der Waals surface area contributed by atoms with Gasteiger partial charge in [0.05, 0.1) is 11.5 Å². The number of benzene rings is 1. The number of non-ortho nitro benzene ring substituents is 1. The van der Waals surface area contributed by atoms with Crippen LogP contribution in [0.1, 0.15) is 32.3 Å². The van der Waals surface area contributed by atoms with Crippen LogP contribution in [0.15, 0.2) is 29.3 Å². The predicted molar refractivity (Wildman–Crippen MR) is 101 cm³/mol. The predicted octanol–water partition coefficient (Wildman–Crippen LogP) is 2.00. The first-order valence-corrected chi connectivity index (χ1v) is 9.03. The monoisotopic (exact) mass is 361 g/mol. The fourth-order valence-corrected chi connectivity index (χ4v) is 2.77. The van der Waals surface area contributed by atoms with Gasteiger partial charge in [-0.1, -0.05) is 25.5 Å². The van der Waals surface area contributed by atoms with Crippen molar-refractivity contribution >= 4 is 17.6 Å². The highest BCUT2D eigenvalue weighted by molar-refractivity contribution is 5.80. The quantitative estimate of drug-likeness (QED) is 0.275. The summed E-state index contributed by atoms with van der Waals surface area (Å²) in [6.45, 7) is 7.93. The Labute approximate surface area is 154 Å². The molecule has 0 spiro atoms. The molecule has 1 heterocycles. The number of nitro groups is 1. The van der Waals surface area contributed by atoms with Gasteiger partial charge in [0.1, 0.15) is 0 Å². The van der Waals surface area contributed by atoms with Crippen LogP contribution in [0.3, 0.4) is 0 Å². The minimum atomic E-state index is -0.403. The van der Waals surface area contributed by atoms with Gasteiger partial charge in [-0.2, -0.15) is 0 Å². The number of carbonyl (C=O) groups is 1. The summed E-state index contributed by atoms with van der Waals surface area (Å²) in [6.07, 6.45) is 2.16. The third-order valence-electron chi connectivity index (χ3n) is 4.40. The maximum Gasteiger partial charge on any atom is 0.269 e. The number of piperazine rings is 1. The average molecular weight is 361 g/mol. The van der Waals surface area contributed by atoms with Crippen LogP contribution < -0.4 is 5.32 Å². The van der Waals surface area contributed by atoms with Crippen molar-refractivity contribution in [3.63, 3.8) is 0 Å². The van der Waals surface area contributed by atoms with E-state index in [1.165, 1.54) is 12.1 Å². The Bertz CT molecular complexity index is 637. The summed E-state index contributed by atoms with van der Waals surface area (Å²) in [6, 6.07) is 6.47. The van der Waals surface area contributed by atoms with Gasteiger partial charge in [-0.3, -0.25) is 14.9 Å². The fourth-order valence-electron chi connectivity index (χ4n) is 2.77. The standard InChI is InChI=1S/C18H27N5O3/c1-3-4-9-19-18(22-12-10-21(11-13-22)15(2)24)20-14-16-5-7-17(8-6-16)23(25)26/h5-8H,3-4,9-14H2,1-2H3,(H,19,20). The Kier molecular flexibility index (Phi) is 7.37. The molecule has 8 heteroatoms. The minimum absolute atomic E-state index is 0.0828. The van der Waals surface area contributed by atoms with Gasteiger partial charge >= 0.3 is 0 Å². The number of nitro benzene ring substituents is 1. The summed E-state index contributed by atoms with van der Waals surface area (Å²) < 4.78 is 0. The van der Waals surface area contributed by atoms with Crippen LogP contribution in [0.25, 0.3) is 0 Å². The van der Waals surface area contributed by atoms with Crippen LogP contribution in [0, 0.1) is 10.1 Å². The Balaban J connectivity index is 2.02. The maximum atomic E-state index is 11.5. The number of unbranched alkanes of at least 4 members (excludes halogenated alkanes) is 1. The molecule has 1 N–H and O–H groups in total. The third-order valence-corrected chi connectivity index (χ3v) is 4.40. The van der Waals surface area contributed by atoms with Gasteiger partial charge < -0.3 is 15.1 Å². The number of aliphatic imine (C=N–C) groups is 1. The Morgan fingerprint density at radius 3 is 2.35 bits per heavy atom. The summed E-state index contributed by atoms with van der Waals surface area (Å²) in [4.78, 5) is 30.5. The van der Waals surface area contributed by atoms with Crippen molar-refractivity contribution in [1.82, 2.24) is 15.1 Å². The first-order valence-electron chi connectivity index (χ1n) is 9.03. The molecule has 1 amide bonds. The lowest BCUT2D eigenvalue weighted by atomic mass is 10.2. The molecule has 1 saturated heterocycles. The molecule has 0 aromatic heterocycles. The van der Waals surface area contributed by atoms with E-state index >= 15 is 0 Å². The Morgan fingerprint density at radius 2 is 1.81 bits per heavy atom. The fraction of sp³-hybridized carbons (Fsp3) is 0.556. The number of nitrogens with one attached hydrogen (secondary N) is 1. The normalized spacial score (nSPS) is 15.1. The summed E-state index contributed by atoms with van der Waals surface area (Å²) in [5.41, 5.74) is 1.01. The van der Waals surface area contributed by atoms with Crippen molar-refractivity contribution in [2.24, 2.45) is 4.99 Å². The van der Waals surface area contributed by atoms with Crippen LogP contribution in [-0.2, 0) is 11.3 Å². The van der Waals surface area contributed by atoms with Gasteiger partial charge in [-0.05, 0) is 12.0 Å². The molecule has 26 heavy (non-hydrogen) atoms. The molecule has 0 atom stereocenters. The summed E-state index contributed by atoms with van der Waals surface area (Å²) >= 11 is 0. The van der Waals surface area contributed by atoms with Gasteiger partial charge in [-0.25, -0.2) is 4.99 Å². The van der Waals surface area contributed by atoms with E-state index in [-0.39, 0.29) is 11.6 Å². The van der Waals surface area contributed by atoms with Crippen LogP contribution in [0.4, 0.5) is 5.69 Å². The second-order valence-corrected chi connectivity index (χ2v) is 6.34. The van der Waals surface area contributed by atoms with Crippen LogP contribution >= 0.6 is 0 Å². The molecule has 1 aliphatic heterocycles. The van der Waals surface area contributed by atoms with Gasteiger partial charge in [0.2, 0.25) is 5.91 Å². The van der Waals surface area contributed by atoms with E-state index in [2.05, 4.69) is 17.1 Å². The highest BCUT2D eigenvalue weighted by atomic mass is 16.6. The second-order valence-electron chi connectivity index (χ2n) is 6.34. The van der Waals surface area contributed by atoms with E-state index in [4.69, 9.17) is 4.99 Å². The largest absolute Gasteiger partial charge is 0.356 e. The van der Waals surface area contributed by atoms with Crippen LogP contribution in [0.2, 0.25) is 0 Å². The Hall–Kier alpha value is -2.64. The topological polar surface area (TPSA) is 91.1 Å². The number of nitrogens with zero attached hydrogens (tertiary/aromatic N) is 4. The van der Waals surface area contributed by atoms with Crippen LogP contribution in [0.5, 0.6) is 0 Å². The van der Waals surface area contributed by atoms with E-state index in [9.17, 15) is 14.9 Å². The molecular weight excluding hydrogens is 334 g/mol. The molecule has 0 bridgehead atoms. The second kappa shape index (κ2) is 9.74. The lowest BCUT2D eigenvalue weighted by molar-refractivity contribution is -0.384. The summed E-state index contributed by atoms with van der Waals surface area (Å²) in [5, 5.41) is 14.1. The first-order chi connectivity index (χ1) is 12.5. The first kappa shape index (κ1) is 19.7. The molecule has 0 aliphatic carbocycles. The van der Waals surface area contributed by atoms with Crippen molar-refractivity contribution in [2.75, 3.05) is 32.7 Å². The number of rotatable bonds is 6. The molecule has 0 saturated carbocycles. The molecular formula is C18H27N5O3. The van der Waals surface area contributed by atoms with Crippen molar-refractivity contribution in [1.29, 1.82) is 0 Å². The third kappa shape index (κ3) is 5.72. The SMILES string of the molecule is CCCCNC(=NCc1ccc([N+](=O)[O-])cc1)N1CCN(C(C)=O)CC1. The summed E-state index contributed by atoms with van der Waals surface area (Å²) in [5.74, 6) is 0.938.